The number of halogens is 2. The summed E-state index contributed by atoms with van der Waals surface area (Å²) in [7, 11) is 0. The molecule has 158 valence electrons. The zero-order chi connectivity index (χ0) is 17.9. The summed E-state index contributed by atoms with van der Waals surface area (Å²) in [5.74, 6) is 1.18. The maximum Gasteiger partial charge on any atom is 0.251 e. The molecule has 2 aliphatic carbocycles. The van der Waals surface area contributed by atoms with Crippen molar-refractivity contribution in [1.29, 1.82) is 0 Å². The molecule has 2 atom stereocenters. The molecule has 2 saturated carbocycles. The SMILES string of the molecule is Cl.Cl.NC1CC2CCCC(C1)C2NC(=O)c1cccc(CN2CCOCC2)c1. The first kappa shape index (κ1) is 23.4. The summed E-state index contributed by atoms with van der Waals surface area (Å²) in [6.45, 7) is 4.40. The molecular weight excluding hydrogens is 397 g/mol. The zero-order valence-electron chi connectivity index (χ0n) is 16.3. The van der Waals surface area contributed by atoms with Crippen LogP contribution in [-0.2, 0) is 11.3 Å². The lowest BCUT2D eigenvalue weighted by Gasteiger charge is -2.45. The van der Waals surface area contributed by atoms with Gasteiger partial charge < -0.3 is 15.8 Å². The largest absolute Gasteiger partial charge is 0.379 e. The van der Waals surface area contributed by atoms with Gasteiger partial charge in [-0.1, -0.05) is 18.6 Å². The summed E-state index contributed by atoms with van der Waals surface area (Å²) in [4.78, 5) is 15.3. The maximum atomic E-state index is 12.9. The van der Waals surface area contributed by atoms with Gasteiger partial charge in [0.1, 0.15) is 0 Å². The minimum atomic E-state index is 0. The molecule has 0 radical (unpaired) electrons. The van der Waals surface area contributed by atoms with Gasteiger partial charge in [0.05, 0.1) is 13.2 Å². The monoisotopic (exact) mass is 429 g/mol. The normalized spacial score (nSPS) is 29.9. The van der Waals surface area contributed by atoms with Gasteiger partial charge in [-0.2, -0.15) is 0 Å². The van der Waals surface area contributed by atoms with Crippen LogP contribution in [0.5, 0.6) is 0 Å². The Morgan fingerprint density at radius 1 is 1.14 bits per heavy atom. The smallest absolute Gasteiger partial charge is 0.251 e. The Bertz CT molecular complexity index is 626. The summed E-state index contributed by atoms with van der Waals surface area (Å²) < 4.78 is 5.41. The molecule has 0 spiro atoms. The minimum absolute atomic E-state index is 0. The van der Waals surface area contributed by atoms with Crippen LogP contribution in [0.4, 0.5) is 0 Å². The Labute approximate surface area is 180 Å². The Hall–Kier alpha value is -0.850. The van der Waals surface area contributed by atoms with Crippen LogP contribution >= 0.6 is 24.8 Å². The number of rotatable bonds is 4. The van der Waals surface area contributed by atoms with Gasteiger partial charge in [-0.3, -0.25) is 9.69 Å². The first-order valence-electron chi connectivity index (χ1n) is 10.1. The second-order valence-corrected chi connectivity index (χ2v) is 8.27. The van der Waals surface area contributed by atoms with Gasteiger partial charge in [-0.25, -0.2) is 0 Å². The van der Waals surface area contributed by atoms with E-state index in [4.69, 9.17) is 10.5 Å². The fourth-order valence-corrected chi connectivity index (χ4v) is 5.09. The molecule has 1 amide bonds. The highest BCUT2D eigenvalue weighted by Gasteiger charge is 2.39. The first-order valence-corrected chi connectivity index (χ1v) is 10.1. The van der Waals surface area contributed by atoms with Crippen molar-refractivity contribution >= 4 is 30.7 Å². The van der Waals surface area contributed by atoms with Crippen LogP contribution in [0.2, 0.25) is 0 Å². The molecule has 2 bridgehead atoms. The standard InChI is InChI=1S/C21H31N3O2.2ClH/c22-19-12-16-4-2-5-17(13-19)20(16)23-21(25)18-6-1-3-15(11-18)14-24-7-9-26-10-8-24;;/h1,3,6,11,16-17,19-20H,2,4-5,7-10,12-14,22H2,(H,23,25);2*1H. The van der Waals surface area contributed by atoms with Gasteiger partial charge in [0.15, 0.2) is 0 Å². The number of nitrogens with one attached hydrogen (secondary N) is 1. The van der Waals surface area contributed by atoms with Crippen molar-refractivity contribution in [2.45, 2.75) is 50.7 Å². The molecule has 3 fully saturated rings. The Balaban J connectivity index is 0.00000140. The van der Waals surface area contributed by atoms with Gasteiger partial charge in [0.25, 0.3) is 5.91 Å². The highest BCUT2D eigenvalue weighted by atomic mass is 35.5. The molecular formula is C21H33Cl2N3O2. The Kier molecular flexibility index (Phi) is 9.03. The quantitative estimate of drug-likeness (QED) is 0.771. The number of hydrogen-bond acceptors (Lipinski definition) is 4. The number of benzene rings is 1. The van der Waals surface area contributed by atoms with Gasteiger partial charge in [-0.15, -0.1) is 24.8 Å². The van der Waals surface area contributed by atoms with Crippen molar-refractivity contribution in [3.8, 4) is 0 Å². The number of hydrogen-bond donors (Lipinski definition) is 2. The van der Waals surface area contributed by atoms with Crippen molar-refractivity contribution in [2.24, 2.45) is 17.6 Å². The van der Waals surface area contributed by atoms with E-state index in [9.17, 15) is 4.79 Å². The summed E-state index contributed by atoms with van der Waals surface area (Å²) in [6.07, 6.45) is 5.79. The summed E-state index contributed by atoms with van der Waals surface area (Å²) in [5, 5.41) is 3.36. The van der Waals surface area contributed by atoms with E-state index < -0.39 is 0 Å². The number of carbonyl (C=O) groups is 1. The van der Waals surface area contributed by atoms with E-state index >= 15 is 0 Å². The molecule has 5 nitrogen and oxygen atoms in total. The predicted octanol–water partition coefficient (Wildman–Crippen LogP) is 3.00. The second kappa shape index (κ2) is 10.8. The molecule has 4 rings (SSSR count). The van der Waals surface area contributed by atoms with Crippen LogP contribution in [0.3, 0.4) is 0 Å². The second-order valence-electron chi connectivity index (χ2n) is 8.27. The third-order valence-electron chi connectivity index (χ3n) is 6.37. The average molecular weight is 430 g/mol. The lowest BCUT2D eigenvalue weighted by Crippen LogP contribution is -2.53. The van der Waals surface area contributed by atoms with E-state index in [-0.39, 0.29) is 30.7 Å². The number of ether oxygens (including phenoxy) is 1. The van der Waals surface area contributed by atoms with E-state index in [0.29, 0.717) is 23.9 Å². The van der Waals surface area contributed by atoms with Crippen molar-refractivity contribution in [1.82, 2.24) is 10.2 Å². The average Bonchev–Trinajstić information content (AvgIpc) is 2.63. The lowest BCUT2D eigenvalue weighted by molar-refractivity contribution is 0.0341. The Morgan fingerprint density at radius 3 is 2.50 bits per heavy atom. The van der Waals surface area contributed by atoms with E-state index in [0.717, 1.165) is 51.3 Å². The van der Waals surface area contributed by atoms with Gasteiger partial charge >= 0.3 is 0 Å². The lowest BCUT2D eigenvalue weighted by atomic mass is 9.67. The molecule has 1 heterocycles. The van der Waals surface area contributed by atoms with Crippen molar-refractivity contribution < 1.29 is 9.53 Å². The molecule has 0 aromatic heterocycles. The number of nitrogens with zero attached hydrogens (tertiary/aromatic N) is 1. The number of amides is 1. The van der Waals surface area contributed by atoms with Crippen LogP contribution in [0.1, 0.15) is 48.0 Å². The zero-order valence-corrected chi connectivity index (χ0v) is 18.0. The topological polar surface area (TPSA) is 67.6 Å². The van der Waals surface area contributed by atoms with Crippen LogP contribution in [0, 0.1) is 11.8 Å². The van der Waals surface area contributed by atoms with Crippen molar-refractivity contribution in [3.63, 3.8) is 0 Å². The molecule has 1 aromatic rings. The molecule has 3 aliphatic rings. The molecule has 3 N–H and O–H groups in total. The summed E-state index contributed by atoms with van der Waals surface area (Å²) in [6, 6.07) is 8.72. The summed E-state index contributed by atoms with van der Waals surface area (Å²) >= 11 is 0. The minimum Gasteiger partial charge on any atom is -0.379 e. The van der Waals surface area contributed by atoms with E-state index in [2.05, 4.69) is 22.3 Å². The summed E-state index contributed by atoms with van der Waals surface area (Å²) in [5.41, 5.74) is 8.19. The third-order valence-corrected chi connectivity index (χ3v) is 6.37. The predicted molar refractivity (Wildman–Crippen MR) is 116 cm³/mol. The Morgan fingerprint density at radius 2 is 1.82 bits per heavy atom. The van der Waals surface area contributed by atoms with E-state index in [1.807, 2.05) is 12.1 Å². The van der Waals surface area contributed by atoms with E-state index in [1.165, 1.54) is 24.8 Å². The van der Waals surface area contributed by atoms with Crippen LogP contribution in [-0.4, -0.2) is 49.2 Å². The molecule has 2 unspecified atom stereocenters. The molecule has 7 heteroatoms. The highest BCUT2D eigenvalue weighted by Crippen LogP contribution is 2.39. The first-order chi connectivity index (χ1) is 12.7. The molecule has 1 aliphatic heterocycles. The number of carbonyl (C=O) groups excluding carboxylic acids is 1. The number of morpholine rings is 1. The fourth-order valence-electron chi connectivity index (χ4n) is 5.09. The number of fused-ring (bicyclic) bond motifs is 2. The molecule has 1 aromatic carbocycles. The third kappa shape index (κ3) is 5.61. The van der Waals surface area contributed by atoms with Gasteiger partial charge in [0, 0.05) is 37.3 Å². The highest BCUT2D eigenvalue weighted by molar-refractivity contribution is 5.94. The van der Waals surface area contributed by atoms with Crippen molar-refractivity contribution in [2.75, 3.05) is 26.3 Å². The fraction of sp³-hybridized carbons (Fsp3) is 0.667. The van der Waals surface area contributed by atoms with Crippen LogP contribution in [0.15, 0.2) is 24.3 Å². The van der Waals surface area contributed by atoms with E-state index in [1.54, 1.807) is 0 Å². The van der Waals surface area contributed by atoms with Gasteiger partial charge in [0.2, 0.25) is 0 Å². The van der Waals surface area contributed by atoms with Crippen LogP contribution in [0.25, 0.3) is 0 Å². The number of nitrogens with two attached hydrogens (primary N) is 1. The van der Waals surface area contributed by atoms with Crippen molar-refractivity contribution in [3.05, 3.63) is 35.4 Å². The van der Waals surface area contributed by atoms with Gasteiger partial charge in [-0.05, 0) is 55.2 Å². The maximum absolute atomic E-state index is 12.9. The van der Waals surface area contributed by atoms with Crippen LogP contribution < -0.4 is 11.1 Å². The molecule has 1 saturated heterocycles. The molecule has 28 heavy (non-hydrogen) atoms.